The van der Waals surface area contributed by atoms with E-state index in [1.54, 1.807) is 24.4 Å². The first-order valence-electron chi connectivity index (χ1n) is 5.70. The number of carbonyl (C=O) groups excluding carboxylic acids is 1. The molecule has 0 aliphatic rings. The van der Waals surface area contributed by atoms with Gasteiger partial charge in [0.25, 0.3) is 5.91 Å². The molecule has 0 aromatic carbocycles. The summed E-state index contributed by atoms with van der Waals surface area (Å²) in [6, 6.07) is 4.13. The average molecular weight is 263 g/mol. The standard InChI is InChI=1S/C12H13N3O4/c16-6-4-9(12(18)19)14-11(17)8-7-13-15-5-2-1-3-10(8)15/h1-3,5,7,9,16H,4,6H2,(H,14,17)(H,18,19). The summed E-state index contributed by atoms with van der Waals surface area (Å²) >= 11 is 0. The van der Waals surface area contributed by atoms with E-state index in [1.807, 2.05) is 0 Å². The Morgan fingerprint density at radius 2 is 2.21 bits per heavy atom. The van der Waals surface area contributed by atoms with Crippen LogP contribution >= 0.6 is 0 Å². The highest BCUT2D eigenvalue weighted by atomic mass is 16.4. The quantitative estimate of drug-likeness (QED) is 0.698. The van der Waals surface area contributed by atoms with Crippen LogP contribution in [0.25, 0.3) is 5.52 Å². The van der Waals surface area contributed by atoms with Crippen molar-refractivity contribution >= 4 is 17.4 Å². The summed E-state index contributed by atoms with van der Waals surface area (Å²) in [5.74, 6) is -1.71. The molecule has 1 amide bonds. The van der Waals surface area contributed by atoms with Crippen LogP contribution in [0.15, 0.2) is 30.6 Å². The van der Waals surface area contributed by atoms with Crippen molar-refractivity contribution in [3.8, 4) is 0 Å². The van der Waals surface area contributed by atoms with Crippen LogP contribution in [0.4, 0.5) is 0 Å². The number of nitrogens with zero attached hydrogens (tertiary/aromatic N) is 2. The first kappa shape index (κ1) is 13.0. The topological polar surface area (TPSA) is 104 Å². The van der Waals surface area contributed by atoms with Crippen LogP contribution in [-0.2, 0) is 4.79 Å². The number of rotatable bonds is 5. The number of carboxylic acids is 1. The molecule has 0 fully saturated rings. The van der Waals surface area contributed by atoms with Gasteiger partial charge in [0, 0.05) is 19.2 Å². The maximum atomic E-state index is 12.0. The van der Waals surface area contributed by atoms with Crippen LogP contribution in [0.5, 0.6) is 0 Å². The van der Waals surface area contributed by atoms with Gasteiger partial charge in [0.05, 0.1) is 17.3 Å². The normalized spacial score (nSPS) is 12.3. The third kappa shape index (κ3) is 2.71. The highest BCUT2D eigenvalue weighted by Gasteiger charge is 2.21. The number of hydrogen-bond acceptors (Lipinski definition) is 4. The lowest BCUT2D eigenvalue weighted by molar-refractivity contribution is -0.139. The van der Waals surface area contributed by atoms with E-state index in [-0.39, 0.29) is 13.0 Å². The number of aromatic nitrogens is 2. The van der Waals surface area contributed by atoms with Crippen LogP contribution in [0.2, 0.25) is 0 Å². The van der Waals surface area contributed by atoms with Crippen LogP contribution in [0.3, 0.4) is 0 Å². The average Bonchev–Trinajstić information content (AvgIpc) is 2.81. The molecule has 3 N–H and O–H groups in total. The predicted molar refractivity (Wildman–Crippen MR) is 65.8 cm³/mol. The fraction of sp³-hybridized carbons (Fsp3) is 0.250. The van der Waals surface area contributed by atoms with E-state index in [9.17, 15) is 9.59 Å². The molecule has 0 bridgehead atoms. The Morgan fingerprint density at radius 3 is 2.89 bits per heavy atom. The predicted octanol–water partition coefficient (Wildman–Crippen LogP) is -0.100. The molecule has 2 aromatic heterocycles. The summed E-state index contributed by atoms with van der Waals surface area (Å²) in [4.78, 5) is 22.9. The van der Waals surface area contributed by atoms with Crippen LogP contribution < -0.4 is 5.32 Å². The second-order valence-electron chi connectivity index (χ2n) is 3.97. The zero-order valence-electron chi connectivity index (χ0n) is 9.98. The van der Waals surface area contributed by atoms with Crippen molar-refractivity contribution in [2.45, 2.75) is 12.5 Å². The summed E-state index contributed by atoms with van der Waals surface area (Å²) < 4.78 is 1.52. The molecule has 0 saturated carbocycles. The summed E-state index contributed by atoms with van der Waals surface area (Å²) in [5.41, 5.74) is 0.887. The number of aliphatic hydroxyl groups excluding tert-OH is 1. The van der Waals surface area contributed by atoms with Crippen molar-refractivity contribution in [2.24, 2.45) is 0 Å². The van der Waals surface area contributed by atoms with Gasteiger partial charge >= 0.3 is 5.97 Å². The second kappa shape index (κ2) is 5.49. The highest BCUT2D eigenvalue weighted by Crippen LogP contribution is 2.10. The molecular formula is C12H13N3O4. The summed E-state index contributed by atoms with van der Waals surface area (Å²) in [6.07, 6.45) is 3.03. The molecule has 0 saturated heterocycles. The van der Waals surface area contributed by atoms with Gasteiger partial charge in [-0.25, -0.2) is 9.31 Å². The minimum Gasteiger partial charge on any atom is -0.480 e. The third-order valence-corrected chi connectivity index (χ3v) is 2.69. The van der Waals surface area contributed by atoms with Crippen LogP contribution in [0.1, 0.15) is 16.8 Å². The molecule has 1 unspecified atom stereocenters. The Morgan fingerprint density at radius 1 is 1.42 bits per heavy atom. The van der Waals surface area contributed by atoms with Crippen LogP contribution in [-0.4, -0.2) is 44.4 Å². The van der Waals surface area contributed by atoms with E-state index >= 15 is 0 Å². The summed E-state index contributed by atoms with van der Waals surface area (Å²) in [7, 11) is 0. The number of amides is 1. The smallest absolute Gasteiger partial charge is 0.326 e. The van der Waals surface area contributed by atoms with Crippen molar-refractivity contribution in [2.75, 3.05) is 6.61 Å². The molecule has 0 aliphatic carbocycles. The van der Waals surface area contributed by atoms with Gasteiger partial charge in [0.15, 0.2) is 0 Å². The van der Waals surface area contributed by atoms with E-state index in [2.05, 4.69) is 10.4 Å². The largest absolute Gasteiger partial charge is 0.480 e. The molecule has 2 heterocycles. The Labute approximate surface area is 108 Å². The second-order valence-corrected chi connectivity index (χ2v) is 3.97. The molecular weight excluding hydrogens is 250 g/mol. The minimum absolute atomic E-state index is 0.0414. The van der Waals surface area contributed by atoms with E-state index in [0.717, 1.165) is 0 Å². The summed E-state index contributed by atoms with van der Waals surface area (Å²) in [5, 5.41) is 24.0. The van der Waals surface area contributed by atoms with Crippen LogP contribution in [0, 0.1) is 0 Å². The zero-order chi connectivity index (χ0) is 13.8. The Hall–Kier alpha value is -2.41. The monoisotopic (exact) mass is 263 g/mol. The molecule has 19 heavy (non-hydrogen) atoms. The highest BCUT2D eigenvalue weighted by molar-refractivity contribution is 6.02. The lowest BCUT2D eigenvalue weighted by Gasteiger charge is -2.12. The number of aliphatic carboxylic acids is 1. The van der Waals surface area contributed by atoms with Gasteiger partial charge in [-0.15, -0.1) is 0 Å². The molecule has 7 heteroatoms. The lowest BCUT2D eigenvalue weighted by atomic mass is 10.2. The molecule has 1 atom stereocenters. The minimum atomic E-state index is -1.18. The first-order valence-corrected chi connectivity index (χ1v) is 5.70. The van der Waals surface area contributed by atoms with Crippen molar-refractivity contribution in [3.05, 3.63) is 36.2 Å². The van der Waals surface area contributed by atoms with E-state index in [0.29, 0.717) is 11.1 Å². The number of fused-ring (bicyclic) bond motifs is 1. The third-order valence-electron chi connectivity index (χ3n) is 2.69. The van der Waals surface area contributed by atoms with E-state index in [1.165, 1.54) is 10.7 Å². The molecule has 100 valence electrons. The fourth-order valence-electron chi connectivity index (χ4n) is 1.73. The van der Waals surface area contributed by atoms with Crippen molar-refractivity contribution < 1.29 is 19.8 Å². The Balaban J connectivity index is 2.22. The Kier molecular flexibility index (Phi) is 3.76. The number of pyridine rings is 1. The van der Waals surface area contributed by atoms with Gasteiger partial charge in [-0.3, -0.25) is 4.79 Å². The molecule has 2 rings (SSSR count). The maximum absolute atomic E-state index is 12.0. The number of carbonyl (C=O) groups is 2. The van der Waals surface area contributed by atoms with Crippen molar-refractivity contribution in [1.82, 2.24) is 14.9 Å². The van der Waals surface area contributed by atoms with Crippen molar-refractivity contribution in [1.29, 1.82) is 0 Å². The number of nitrogens with one attached hydrogen (secondary N) is 1. The van der Waals surface area contributed by atoms with E-state index in [4.69, 9.17) is 10.2 Å². The lowest BCUT2D eigenvalue weighted by Crippen LogP contribution is -2.41. The first-order chi connectivity index (χ1) is 9.13. The van der Waals surface area contributed by atoms with Gasteiger partial charge in [0.2, 0.25) is 0 Å². The molecule has 0 radical (unpaired) electrons. The van der Waals surface area contributed by atoms with E-state index < -0.39 is 17.9 Å². The molecule has 0 aliphatic heterocycles. The van der Waals surface area contributed by atoms with Gasteiger partial charge in [-0.1, -0.05) is 6.07 Å². The van der Waals surface area contributed by atoms with Crippen molar-refractivity contribution in [3.63, 3.8) is 0 Å². The molecule has 7 nitrogen and oxygen atoms in total. The number of carboxylic acid groups (broad SMARTS) is 1. The molecule has 2 aromatic rings. The number of aliphatic hydroxyl groups is 1. The van der Waals surface area contributed by atoms with Gasteiger partial charge in [-0.05, 0) is 12.1 Å². The van der Waals surface area contributed by atoms with Gasteiger partial charge < -0.3 is 15.5 Å². The van der Waals surface area contributed by atoms with Gasteiger partial charge in [0.1, 0.15) is 6.04 Å². The summed E-state index contributed by atoms with van der Waals surface area (Å²) in [6.45, 7) is -0.313. The SMILES string of the molecule is O=C(NC(CCO)C(=O)O)c1cnn2ccccc12. The fourth-order valence-corrected chi connectivity index (χ4v) is 1.73. The van der Waals surface area contributed by atoms with Gasteiger partial charge in [-0.2, -0.15) is 5.10 Å². The molecule has 0 spiro atoms. The number of hydrogen-bond donors (Lipinski definition) is 3. The zero-order valence-corrected chi connectivity index (χ0v) is 9.98. The maximum Gasteiger partial charge on any atom is 0.326 e. The Bertz CT molecular complexity index is 608.